The topological polar surface area (TPSA) is 89.6 Å². The van der Waals surface area contributed by atoms with E-state index in [-0.39, 0.29) is 31.6 Å². The SMILES string of the molecule is COc1cccc(NC(=O)N2CCOC3(CN(C(=O)COc4ccccc4)CCCO3)C2)c1. The number of nitrogens with one attached hydrogen (secondary N) is 1. The van der Waals surface area contributed by atoms with Crippen LogP contribution in [0.25, 0.3) is 0 Å². The van der Waals surface area contributed by atoms with Gasteiger partial charge in [0, 0.05) is 24.8 Å². The average Bonchev–Trinajstić information content (AvgIpc) is 3.05. The van der Waals surface area contributed by atoms with Gasteiger partial charge in [-0.05, 0) is 30.7 Å². The van der Waals surface area contributed by atoms with Gasteiger partial charge in [-0.15, -0.1) is 0 Å². The van der Waals surface area contributed by atoms with Crippen LogP contribution in [0.2, 0.25) is 0 Å². The van der Waals surface area contributed by atoms with E-state index < -0.39 is 5.79 Å². The van der Waals surface area contributed by atoms with Gasteiger partial charge in [0.25, 0.3) is 5.91 Å². The minimum atomic E-state index is -1.07. The van der Waals surface area contributed by atoms with Crippen LogP contribution in [0.5, 0.6) is 11.5 Å². The van der Waals surface area contributed by atoms with Crippen LogP contribution in [0.4, 0.5) is 10.5 Å². The van der Waals surface area contributed by atoms with E-state index in [0.29, 0.717) is 49.9 Å². The Hall–Kier alpha value is -3.30. The fourth-order valence-corrected chi connectivity index (χ4v) is 3.91. The van der Waals surface area contributed by atoms with Crippen LogP contribution in [0, 0.1) is 0 Å². The van der Waals surface area contributed by atoms with Crippen molar-refractivity contribution in [2.75, 3.05) is 58.4 Å². The molecule has 1 unspecified atom stereocenters. The van der Waals surface area contributed by atoms with Gasteiger partial charge in [-0.3, -0.25) is 4.79 Å². The quantitative estimate of drug-likeness (QED) is 0.746. The Morgan fingerprint density at radius 1 is 0.970 bits per heavy atom. The highest BCUT2D eigenvalue weighted by atomic mass is 16.7. The Morgan fingerprint density at radius 2 is 1.73 bits per heavy atom. The zero-order valence-electron chi connectivity index (χ0n) is 18.7. The van der Waals surface area contributed by atoms with Gasteiger partial charge in [0.2, 0.25) is 5.79 Å². The summed E-state index contributed by atoms with van der Waals surface area (Å²) in [6, 6.07) is 16.1. The highest BCUT2D eigenvalue weighted by Gasteiger charge is 2.43. The van der Waals surface area contributed by atoms with Crippen LogP contribution in [-0.4, -0.2) is 80.6 Å². The number of carbonyl (C=O) groups excluding carboxylic acids is 2. The number of morpholine rings is 1. The Morgan fingerprint density at radius 3 is 2.55 bits per heavy atom. The number of ether oxygens (including phenoxy) is 4. The lowest BCUT2D eigenvalue weighted by Crippen LogP contribution is -2.60. The first-order chi connectivity index (χ1) is 16.1. The van der Waals surface area contributed by atoms with Crippen molar-refractivity contribution in [3.05, 3.63) is 54.6 Å². The predicted molar refractivity (Wildman–Crippen MR) is 121 cm³/mol. The maximum Gasteiger partial charge on any atom is 0.322 e. The second kappa shape index (κ2) is 10.5. The number of anilines is 1. The normalized spacial score (nSPS) is 20.8. The van der Waals surface area contributed by atoms with E-state index in [4.69, 9.17) is 18.9 Å². The zero-order valence-corrected chi connectivity index (χ0v) is 18.7. The number of para-hydroxylation sites is 1. The molecule has 1 atom stereocenters. The van der Waals surface area contributed by atoms with Crippen molar-refractivity contribution in [2.24, 2.45) is 0 Å². The standard InChI is InChI=1S/C24H29N3O6/c1-30-21-10-5-7-19(15-21)25-23(29)27-12-14-33-24(18-27)17-26(11-6-13-32-24)22(28)16-31-20-8-3-2-4-9-20/h2-5,7-10,15H,6,11-14,16-18H2,1H3,(H,25,29). The Balaban J connectivity index is 1.38. The number of nitrogens with zero attached hydrogens (tertiary/aromatic N) is 2. The van der Waals surface area contributed by atoms with Gasteiger partial charge in [-0.2, -0.15) is 0 Å². The third kappa shape index (κ3) is 5.94. The number of hydrogen-bond donors (Lipinski definition) is 1. The van der Waals surface area contributed by atoms with E-state index in [0.717, 1.165) is 0 Å². The molecule has 2 aliphatic rings. The van der Waals surface area contributed by atoms with Gasteiger partial charge in [-0.1, -0.05) is 24.3 Å². The molecule has 2 aliphatic heterocycles. The van der Waals surface area contributed by atoms with E-state index in [1.807, 2.05) is 42.5 Å². The molecule has 0 radical (unpaired) electrons. The number of rotatable bonds is 5. The first-order valence-corrected chi connectivity index (χ1v) is 11.0. The number of amides is 3. The van der Waals surface area contributed by atoms with Crippen LogP contribution in [0.1, 0.15) is 6.42 Å². The summed E-state index contributed by atoms with van der Waals surface area (Å²) in [7, 11) is 1.58. The Bertz CT molecular complexity index is 956. The van der Waals surface area contributed by atoms with E-state index in [2.05, 4.69) is 5.32 Å². The summed E-state index contributed by atoms with van der Waals surface area (Å²) in [5, 5.41) is 2.89. The summed E-state index contributed by atoms with van der Waals surface area (Å²) < 4.78 is 22.9. The monoisotopic (exact) mass is 455 g/mol. The minimum Gasteiger partial charge on any atom is -0.497 e. The highest BCUT2D eigenvalue weighted by molar-refractivity contribution is 5.89. The molecule has 9 nitrogen and oxygen atoms in total. The van der Waals surface area contributed by atoms with E-state index >= 15 is 0 Å². The van der Waals surface area contributed by atoms with Gasteiger partial charge in [-0.25, -0.2) is 4.79 Å². The largest absolute Gasteiger partial charge is 0.497 e. The van der Waals surface area contributed by atoms with Crippen LogP contribution in [-0.2, 0) is 14.3 Å². The minimum absolute atomic E-state index is 0.0693. The summed E-state index contributed by atoms with van der Waals surface area (Å²) in [5.74, 6) is 0.0829. The van der Waals surface area contributed by atoms with Crippen LogP contribution < -0.4 is 14.8 Å². The molecule has 2 saturated heterocycles. The molecular formula is C24H29N3O6. The van der Waals surface area contributed by atoms with Gasteiger partial charge >= 0.3 is 6.03 Å². The molecule has 1 spiro atoms. The van der Waals surface area contributed by atoms with Crippen molar-refractivity contribution in [1.29, 1.82) is 0 Å². The number of hydrogen-bond acceptors (Lipinski definition) is 6. The first kappa shape index (κ1) is 22.9. The summed E-state index contributed by atoms with van der Waals surface area (Å²) in [5.41, 5.74) is 0.636. The van der Waals surface area contributed by atoms with Crippen molar-refractivity contribution in [3.63, 3.8) is 0 Å². The molecule has 0 bridgehead atoms. The number of benzene rings is 2. The molecule has 1 N–H and O–H groups in total. The fraction of sp³-hybridized carbons (Fsp3) is 0.417. The lowest BCUT2D eigenvalue weighted by molar-refractivity contribution is -0.259. The summed E-state index contributed by atoms with van der Waals surface area (Å²) >= 11 is 0. The van der Waals surface area contributed by atoms with Crippen LogP contribution in [0.3, 0.4) is 0 Å². The van der Waals surface area contributed by atoms with Crippen molar-refractivity contribution in [2.45, 2.75) is 12.2 Å². The first-order valence-electron chi connectivity index (χ1n) is 11.0. The van der Waals surface area contributed by atoms with Crippen LogP contribution in [0.15, 0.2) is 54.6 Å². The molecule has 2 fully saturated rings. The number of methoxy groups -OCH3 is 1. The van der Waals surface area contributed by atoms with Crippen molar-refractivity contribution in [1.82, 2.24) is 9.80 Å². The highest BCUT2D eigenvalue weighted by Crippen LogP contribution is 2.26. The van der Waals surface area contributed by atoms with Crippen molar-refractivity contribution >= 4 is 17.6 Å². The molecule has 0 aliphatic carbocycles. The third-order valence-electron chi connectivity index (χ3n) is 5.59. The molecule has 2 aromatic carbocycles. The smallest absolute Gasteiger partial charge is 0.322 e. The van der Waals surface area contributed by atoms with Crippen LogP contribution >= 0.6 is 0 Å². The molecule has 0 saturated carbocycles. The Kier molecular flexibility index (Phi) is 7.31. The Labute approximate surface area is 193 Å². The van der Waals surface area contributed by atoms with Gasteiger partial charge in [0.1, 0.15) is 11.5 Å². The molecule has 3 amide bonds. The molecule has 0 aromatic heterocycles. The summed E-state index contributed by atoms with van der Waals surface area (Å²) in [4.78, 5) is 29.1. The molecule has 4 rings (SSSR count). The van der Waals surface area contributed by atoms with E-state index in [1.54, 1.807) is 29.0 Å². The molecule has 9 heteroatoms. The van der Waals surface area contributed by atoms with Gasteiger partial charge in [0.05, 0.1) is 33.4 Å². The second-order valence-corrected chi connectivity index (χ2v) is 7.96. The molecule has 33 heavy (non-hydrogen) atoms. The second-order valence-electron chi connectivity index (χ2n) is 7.96. The van der Waals surface area contributed by atoms with Crippen molar-refractivity contribution in [3.8, 4) is 11.5 Å². The van der Waals surface area contributed by atoms with Gasteiger partial charge < -0.3 is 34.1 Å². The van der Waals surface area contributed by atoms with Gasteiger partial charge in [0.15, 0.2) is 6.61 Å². The van der Waals surface area contributed by atoms with E-state index in [9.17, 15) is 9.59 Å². The molecular weight excluding hydrogens is 426 g/mol. The summed E-state index contributed by atoms with van der Waals surface area (Å²) in [6.45, 7) is 2.09. The molecule has 2 aromatic rings. The lowest BCUT2D eigenvalue weighted by Gasteiger charge is -2.43. The maximum absolute atomic E-state index is 12.9. The zero-order chi connectivity index (χ0) is 23.1. The number of carbonyl (C=O) groups is 2. The third-order valence-corrected chi connectivity index (χ3v) is 5.59. The predicted octanol–water partition coefficient (Wildman–Crippen LogP) is 2.58. The summed E-state index contributed by atoms with van der Waals surface area (Å²) in [6.07, 6.45) is 0.679. The fourth-order valence-electron chi connectivity index (χ4n) is 3.91. The average molecular weight is 456 g/mol. The maximum atomic E-state index is 12.9. The number of urea groups is 1. The van der Waals surface area contributed by atoms with Crippen molar-refractivity contribution < 1.29 is 28.5 Å². The van der Waals surface area contributed by atoms with E-state index in [1.165, 1.54) is 0 Å². The molecule has 176 valence electrons. The molecule has 2 heterocycles. The lowest BCUT2D eigenvalue weighted by atomic mass is 10.2.